The number of halogens is 1. The lowest BCUT2D eigenvalue weighted by molar-refractivity contribution is 0.0529. The van der Waals surface area contributed by atoms with Gasteiger partial charge in [-0.25, -0.2) is 9.78 Å². The van der Waals surface area contributed by atoms with E-state index >= 15 is 0 Å². The maximum Gasteiger partial charge on any atom is 0.341 e. The molecule has 0 bridgehead atoms. The van der Waals surface area contributed by atoms with Gasteiger partial charge in [-0.2, -0.15) is 0 Å². The largest absolute Gasteiger partial charge is 0.464 e. The van der Waals surface area contributed by atoms with Gasteiger partial charge >= 0.3 is 5.97 Å². The first-order valence-electron chi connectivity index (χ1n) is 7.35. The van der Waals surface area contributed by atoms with Gasteiger partial charge in [0.25, 0.3) is 5.91 Å². The van der Waals surface area contributed by atoms with Crippen LogP contribution in [-0.4, -0.2) is 23.5 Å². The van der Waals surface area contributed by atoms with E-state index < -0.39 is 11.9 Å². The number of rotatable bonds is 5. The second kappa shape index (κ2) is 7.50. The summed E-state index contributed by atoms with van der Waals surface area (Å²) in [6, 6.07) is 6.44. The summed E-state index contributed by atoms with van der Waals surface area (Å²) in [4.78, 5) is 28.6. The molecule has 0 atom stereocenters. The van der Waals surface area contributed by atoms with Crippen molar-refractivity contribution >= 4 is 39.8 Å². The lowest BCUT2D eigenvalue weighted by Crippen LogP contribution is -2.14. The molecule has 3 aromatic heterocycles. The molecule has 3 rings (SSSR count). The number of amides is 1. The topological polar surface area (TPSA) is 81.4 Å². The Hall–Kier alpha value is -2.64. The zero-order valence-electron chi connectivity index (χ0n) is 13.1. The highest BCUT2D eigenvalue weighted by molar-refractivity contribution is 7.15. The van der Waals surface area contributed by atoms with E-state index in [2.05, 4.69) is 10.3 Å². The SMILES string of the molecule is CCOC(=O)c1c(-c2ccco2)csc1NC(=O)c1ccnc(Cl)c1. The van der Waals surface area contributed by atoms with E-state index in [0.29, 0.717) is 21.9 Å². The van der Waals surface area contributed by atoms with Crippen molar-refractivity contribution in [3.05, 3.63) is 58.4 Å². The molecule has 0 aliphatic rings. The van der Waals surface area contributed by atoms with Crippen LogP contribution in [0.2, 0.25) is 5.15 Å². The maximum atomic E-state index is 12.4. The van der Waals surface area contributed by atoms with Crippen molar-refractivity contribution in [2.24, 2.45) is 0 Å². The van der Waals surface area contributed by atoms with Crippen LogP contribution in [-0.2, 0) is 4.74 Å². The summed E-state index contributed by atoms with van der Waals surface area (Å²) < 4.78 is 10.5. The molecule has 0 spiro atoms. The molecule has 8 heteroatoms. The minimum absolute atomic E-state index is 0.209. The summed E-state index contributed by atoms with van der Waals surface area (Å²) >= 11 is 7.03. The van der Waals surface area contributed by atoms with Gasteiger partial charge in [0, 0.05) is 22.7 Å². The molecular weight excluding hydrogens is 364 g/mol. The van der Waals surface area contributed by atoms with Gasteiger partial charge in [0.1, 0.15) is 21.5 Å². The van der Waals surface area contributed by atoms with Gasteiger partial charge in [-0.3, -0.25) is 4.79 Å². The van der Waals surface area contributed by atoms with Crippen molar-refractivity contribution in [3.8, 4) is 11.3 Å². The molecule has 0 saturated carbocycles. The number of nitrogens with zero attached hydrogens (tertiary/aromatic N) is 1. The highest BCUT2D eigenvalue weighted by Gasteiger charge is 2.24. The summed E-state index contributed by atoms with van der Waals surface area (Å²) in [6.45, 7) is 1.94. The number of hydrogen-bond donors (Lipinski definition) is 1. The van der Waals surface area contributed by atoms with Crippen LogP contribution < -0.4 is 5.32 Å². The fraction of sp³-hybridized carbons (Fsp3) is 0.118. The second-order valence-electron chi connectivity index (χ2n) is 4.87. The van der Waals surface area contributed by atoms with E-state index in [-0.39, 0.29) is 17.3 Å². The Labute approximate surface area is 152 Å². The highest BCUT2D eigenvalue weighted by atomic mass is 35.5. The van der Waals surface area contributed by atoms with Crippen LogP contribution >= 0.6 is 22.9 Å². The monoisotopic (exact) mass is 376 g/mol. The molecule has 0 aromatic carbocycles. The Morgan fingerprint density at radius 2 is 2.24 bits per heavy atom. The predicted octanol–water partition coefficient (Wildman–Crippen LogP) is 4.49. The Morgan fingerprint density at radius 1 is 1.40 bits per heavy atom. The first kappa shape index (κ1) is 17.2. The second-order valence-corrected chi connectivity index (χ2v) is 6.14. The third-order valence-corrected chi connectivity index (χ3v) is 4.38. The number of pyridine rings is 1. The molecule has 1 amide bonds. The number of carbonyl (C=O) groups excluding carboxylic acids is 2. The van der Waals surface area contributed by atoms with E-state index in [0.717, 1.165) is 0 Å². The number of carbonyl (C=O) groups is 2. The van der Waals surface area contributed by atoms with Gasteiger partial charge < -0.3 is 14.5 Å². The number of esters is 1. The number of anilines is 1. The number of furan rings is 1. The van der Waals surface area contributed by atoms with Crippen molar-refractivity contribution in [3.63, 3.8) is 0 Å². The number of hydrogen-bond acceptors (Lipinski definition) is 6. The van der Waals surface area contributed by atoms with E-state index in [1.807, 2.05) is 0 Å². The Kier molecular flexibility index (Phi) is 5.16. The molecule has 128 valence electrons. The quantitative estimate of drug-likeness (QED) is 0.524. The summed E-state index contributed by atoms with van der Waals surface area (Å²) in [5.74, 6) is -0.410. The van der Waals surface area contributed by atoms with Gasteiger partial charge in [0.15, 0.2) is 0 Å². The van der Waals surface area contributed by atoms with Gasteiger partial charge in [0.05, 0.1) is 12.9 Å². The summed E-state index contributed by atoms with van der Waals surface area (Å²) in [6.07, 6.45) is 2.95. The average molecular weight is 377 g/mol. The molecule has 3 heterocycles. The molecule has 0 aliphatic heterocycles. The smallest absolute Gasteiger partial charge is 0.341 e. The molecule has 1 N–H and O–H groups in total. The zero-order valence-corrected chi connectivity index (χ0v) is 14.7. The molecule has 0 radical (unpaired) electrons. The van der Waals surface area contributed by atoms with Crippen LogP contribution in [0.15, 0.2) is 46.5 Å². The number of thiophene rings is 1. The van der Waals surface area contributed by atoms with Crippen LogP contribution in [0.25, 0.3) is 11.3 Å². The molecule has 0 unspecified atom stereocenters. The maximum absolute atomic E-state index is 12.4. The number of aromatic nitrogens is 1. The van der Waals surface area contributed by atoms with Gasteiger partial charge in [0.2, 0.25) is 0 Å². The van der Waals surface area contributed by atoms with Crippen molar-refractivity contribution in [2.45, 2.75) is 6.92 Å². The standard InChI is InChI=1S/C17H13ClN2O4S/c1-2-23-17(22)14-11(12-4-3-7-24-12)9-25-16(14)20-15(21)10-5-6-19-13(18)8-10/h3-9H,2H2,1H3,(H,20,21). The normalized spacial score (nSPS) is 10.5. The third kappa shape index (κ3) is 3.72. The fourth-order valence-electron chi connectivity index (χ4n) is 2.19. The van der Waals surface area contributed by atoms with Crippen molar-refractivity contribution in [1.82, 2.24) is 4.98 Å². The first-order valence-corrected chi connectivity index (χ1v) is 8.61. The Balaban J connectivity index is 1.96. The van der Waals surface area contributed by atoms with Crippen LogP contribution in [0, 0.1) is 0 Å². The van der Waals surface area contributed by atoms with Crippen LogP contribution in [0.5, 0.6) is 0 Å². The van der Waals surface area contributed by atoms with Crippen molar-refractivity contribution < 1.29 is 18.7 Å². The number of ether oxygens (including phenoxy) is 1. The highest BCUT2D eigenvalue weighted by Crippen LogP contribution is 2.36. The first-order chi connectivity index (χ1) is 12.1. The molecular formula is C17H13ClN2O4S. The third-order valence-electron chi connectivity index (χ3n) is 3.27. The molecule has 0 saturated heterocycles. The summed E-state index contributed by atoms with van der Waals surface area (Å²) in [5.41, 5.74) is 1.16. The zero-order chi connectivity index (χ0) is 17.8. The van der Waals surface area contributed by atoms with Crippen molar-refractivity contribution in [1.29, 1.82) is 0 Å². The minimum Gasteiger partial charge on any atom is -0.464 e. The summed E-state index contributed by atoms with van der Waals surface area (Å²) in [5, 5.41) is 5.05. The van der Waals surface area contributed by atoms with Gasteiger partial charge in [-0.15, -0.1) is 11.3 Å². The Morgan fingerprint density at radius 3 is 2.92 bits per heavy atom. The van der Waals surface area contributed by atoms with Crippen molar-refractivity contribution in [2.75, 3.05) is 11.9 Å². The van der Waals surface area contributed by atoms with Gasteiger partial charge in [-0.05, 0) is 31.2 Å². The van der Waals surface area contributed by atoms with Gasteiger partial charge in [-0.1, -0.05) is 11.6 Å². The van der Waals surface area contributed by atoms with E-state index in [4.69, 9.17) is 20.8 Å². The van der Waals surface area contributed by atoms with Crippen LogP contribution in [0.3, 0.4) is 0 Å². The molecule has 0 fully saturated rings. The molecule has 6 nitrogen and oxygen atoms in total. The lowest BCUT2D eigenvalue weighted by Gasteiger charge is -2.08. The van der Waals surface area contributed by atoms with Crippen LogP contribution in [0.4, 0.5) is 5.00 Å². The van der Waals surface area contributed by atoms with Crippen LogP contribution in [0.1, 0.15) is 27.6 Å². The average Bonchev–Trinajstić information content (AvgIpc) is 3.24. The minimum atomic E-state index is -0.529. The summed E-state index contributed by atoms with van der Waals surface area (Å²) in [7, 11) is 0. The molecule has 25 heavy (non-hydrogen) atoms. The molecule has 0 aliphatic carbocycles. The Bertz CT molecular complexity index is 905. The predicted molar refractivity (Wildman–Crippen MR) is 95.2 cm³/mol. The fourth-order valence-corrected chi connectivity index (χ4v) is 3.29. The van der Waals surface area contributed by atoms with E-state index in [1.165, 1.54) is 35.9 Å². The van der Waals surface area contributed by atoms with E-state index in [9.17, 15) is 9.59 Å². The van der Waals surface area contributed by atoms with E-state index in [1.54, 1.807) is 24.4 Å². The number of nitrogens with one attached hydrogen (secondary N) is 1. The lowest BCUT2D eigenvalue weighted by atomic mass is 10.1. The molecule has 3 aromatic rings.